The predicted octanol–water partition coefficient (Wildman–Crippen LogP) is 1.74. The fraction of sp³-hybridized carbons (Fsp3) is 0.333. The SMILES string of the molecule is NCC#Cc1cc(Cl)c(S(=O)(=O)NC2CC2)c(Cl)c1. The molecule has 1 aromatic rings. The van der Waals surface area contributed by atoms with Crippen LogP contribution in [0.4, 0.5) is 0 Å². The Bertz CT molecular complexity index is 635. The molecule has 1 aliphatic rings. The lowest BCUT2D eigenvalue weighted by molar-refractivity contribution is 0.581. The molecule has 0 aromatic heterocycles. The highest BCUT2D eigenvalue weighted by Gasteiger charge is 2.30. The maximum atomic E-state index is 12.1. The van der Waals surface area contributed by atoms with Crippen LogP contribution in [0.3, 0.4) is 0 Å². The first-order chi connectivity index (χ1) is 8.94. The average Bonchev–Trinajstić information content (AvgIpc) is 3.08. The van der Waals surface area contributed by atoms with Crippen molar-refractivity contribution in [1.29, 1.82) is 0 Å². The normalized spacial score (nSPS) is 14.9. The lowest BCUT2D eigenvalue weighted by atomic mass is 10.2. The molecule has 1 aliphatic carbocycles. The van der Waals surface area contributed by atoms with E-state index in [1.165, 1.54) is 12.1 Å². The van der Waals surface area contributed by atoms with Gasteiger partial charge in [0.05, 0.1) is 16.6 Å². The minimum absolute atomic E-state index is 0.00570. The summed E-state index contributed by atoms with van der Waals surface area (Å²) in [4.78, 5) is -0.0963. The Balaban J connectivity index is 2.41. The first-order valence-electron chi connectivity index (χ1n) is 5.64. The van der Waals surface area contributed by atoms with E-state index in [9.17, 15) is 8.42 Å². The summed E-state index contributed by atoms with van der Waals surface area (Å²) in [5, 5.41) is 0.115. The summed E-state index contributed by atoms with van der Waals surface area (Å²) in [6, 6.07) is 2.93. The number of rotatable bonds is 3. The standard InChI is InChI=1S/C12H12Cl2N2O2S/c13-10-6-8(2-1-5-15)7-11(14)12(10)19(17,18)16-9-3-4-9/h6-7,9,16H,3-5,15H2. The second-order valence-electron chi connectivity index (χ2n) is 4.17. The Hall–Kier alpha value is -0.770. The van der Waals surface area contributed by atoms with E-state index in [0.717, 1.165) is 12.8 Å². The maximum absolute atomic E-state index is 12.1. The second kappa shape index (κ2) is 5.70. The third kappa shape index (κ3) is 3.62. The summed E-state index contributed by atoms with van der Waals surface area (Å²) in [6.45, 7) is 0.207. The number of hydrogen-bond acceptors (Lipinski definition) is 3. The van der Waals surface area contributed by atoms with Gasteiger partial charge in [-0.15, -0.1) is 0 Å². The van der Waals surface area contributed by atoms with Gasteiger partial charge in [0.25, 0.3) is 0 Å². The van der Waals surface area contributed by atoms with E-state index < -0.39 is 10.0 Å². The molecule has 4 nitrogen and oxygen atoms in total. The van der Waals surface area contributed by atoms with E-state index in [0.29, 0.717) is 5.56 Å². The molecule has 0 saturated heterocycles. The molecule has 1 aromatic carbocycles. The first-order valence-corrected chi connectivity index (χ1v) is 7.88. The van der Waals surface area contributed by atoms with E-state index in [1.54, 1.807) is 0 Å². The first kappa shape index (κ1) is 14.6. The van der Waals surface area contributed by atoms with Gasteiger partial charge in [0.1, 0.15) is 4.90 Å². The van der Waals surface area contributed by atoms with E-state index in [4.69, 9.17) is 28.9 Å². The van der Waals surface area contributed by atoms with Crippen molar-refractivity contribution in [3.8, 4) is 11.8 Å². The lowest BCUT2D eigenvalue weighted by Crippen LogP contribution is -2.26. The molecule has 0 spiro atoms. The predicted molar refractivity (Wildman–Crippen MR) is 75.7 cm³/mol. The maximum Gasteiger partial charge on any atom is 0.243 e. The van der Waals surface area contributed by atoms with Crippen molar-refractivity contribution >= 4 is 33.2 Å². The number of halogens is 2. The molecule has 0 unspecified atom stereocenters. The van der Waals surface area contributed by atoms with Crippen LogP contribution >= 0.6 is 23.2 Å². The van der Waals surface area contributed by atoms with Gasteiger partial charge >= 0.3 is 0 Å². The van der Waals surface area contributed by atoms with E-state index in [1.807, 2.05) is 0 Å². The lowest BCUT2D eigenvalue weighted by Gasteiger charge is -2.09. The van der Waals surface area contributed by atoms with Crippen LogP contribution < -0.4 is 10.5 Å². The van der Waals surface area contributed by atoms with Crippen molar-refractivity contribution in [1.82, 2.24) is 4.72 Å². The molecule has 2 rings (SSSR count). The van der Waals surface area contributed by atoms with Gasteiger partial charge in [-0.3, -0.25) is 0 Å². The van der Waals surface area contributed by atoms with Gasteiger partial charge < -0.3 is 5.73 Å². The Morgan fingerprint density at radius 2 is 1.89 bits per heavy atom. The Kier molecular flexibility index (Phi) is 4.39. The van der Waals surface area contributed by atoms with Crippen LogP contribution in [0.5, 0.6) is 0 Å². The molecule has 0 radical (unpaired) electrons. The zero-order valence-corrected chi connectivity index (χ0v) is 12.2. The van der Waals surface area contributed by atoms with Gasteiger partial charge in [0, 0.05) is 11.6 Å². The molecule has 3 N–H and O–H groups in total. The summed E-state index contributed by atoms with van der Waals surface area (Å²) in [5.74, 6) is 5.41. The zero-order valence-electron chi connectivity index (χ0n) is 9.91. The van der Waals surface area contributed by atoms with Crippen molar-refractivity contribution in [2.24, 2.45) is 5.73 Å². The fourth-order valence-electron chi connectivity index (χ4n) is 1.52. The Morgan fingerprint density at radius 3 is 2.37 bits per heavy atom. The van der Waals surface area contributed by atoms with Gasteiger partial charge in [-0.1, -0.05) is 35.0 Å². The average molecular weight is 319 g/mol. The summed E-state index contributed by atoms with van der Waals surface area (Å²) < 4.78 is 26.8. The third-order valence-electron chi connectivity index (χ3n) is 2.50. The monoisotopic (exact) mass is 318 g/mol. The molecule has 1 saturated carbocycles. The van der Waals surface area contributed by atoms with Gasteiger partial charge in [0.2, 0.25) is 10.0 Å². The molecule has 1 fully saturated rings. The minimum atomic E-state index is -3.68. The Labute approximate surface area is 122 Å². The van der Waals surface area contributed by atoms with Crippen LogP contribution in [-0.2, 0) is 10.0 Å². The molecule has 0 bridgehead atoms. The molecular formula is C12H12Cl2N2O2S. The molecular weight excluding hydrogens is 307 g/mol. The fourth-order valence-corrected chi connectivity index (χ4v) is 4.04. The minimum Gasteiger partial charge on any atom is -0.320 e. The highest BCUT2D eigenvalue weighted by atomic mass is 35.5. The topological polar surface area (TPSA) is 72.2 Å². The van der Waals surface area contributed by atoms with Crippen LogP contribution in [0, 0.1) is 11.8 Å². The van der Waals surface area contributed by atoms with E-state index in [2.05, 4.69) is 16.6 Å². The molecule has 0 atom stereocenters. The van der Waals surface area contributed by atoms with Crippen molar-refractivity contribution in [3.63, 3.8) is 0 Å². The molecule has 7 heteroatoms. The molecule has 0 heterocycles. The number of sulfonamides is 1. The molecule has 0 aliphatic heterocycles. The van der Waals surface area contributed by atoms with Crippen molar-refractivity contribution in [2.75, 3.05) is 6.54 Å². The zero-order chi connectivity index (χ0) is 14.0. The van der Waals surface area contributed by atoms with Gasteiger partial charge in [-0.2, -0.15) is 0 Å². The Morgan fingerprint density at radius 1 is 1.32 bits per heavy atom. The van der Waals surface area contributed by atoms with Gasteiger partial charge in [0.15, 0.2) is 0 Å². The quantitative estimate of drug-likeness (QED) is 0.834. The van der Waals surface area contributed by atoms with Crippen LogP contribution in [0.25, 0.3) is 0 Å². The summed E-state index contributed by atoms with van der Waals surface area (Å²) in [6.07, 6.45) is 1.68. The summed E-state index contributed by atoms with van der Waals surface area (Å²) >= 11 is 12.0. The smallest absolute Gasteiger partial charge is 0.243 e. The van der Waals surface area contributed by atoms with Gasteiger partial charge in [-0.25, -0.2) is 13.1 Å². The summed E-state index contributed by atoms with van der Waals surface area (Å²) in [7, 11) is -3.68. The molecule has 0 amide bonds. The van der Waals surface area contributed by atoms with Gasteiger partial charge in [-0.05, 0) is 25.0 Å². The van der Waals surface area contributed by atoms with E-state index >= 15 is 0 Å². The highest BCUT2D eigenvalue weighted by molar-refractivity contribution is 7.89. The largest absolute Gasteiger partial charge is 0.320 e. The van der Waals surface area contributed by atoms with Crippen molar-refractivity contribution < 1.29 is 8.42 Å². The number of hydrogen-bond donors (Lipinski definition) is 2. The molecule has 19 heavy (non-hydrogen) atoms. The van der Waals surface area contributed by atoms with Crippen LogP contribution in [0.2, 0.25) is 10.0 Å². The number of benzene rings is 1. The highest BCUT2D eigenvalue weighted by Crippen LogP contribution is 2.32. The van der Waals surface area contributed by atoms with E-state index in [-0.39, 0.29) is 27.5 Å². The second-order valence-corrected chi connectivity index (χ2v) is 6.64. The molecule has 102 valence electrons. The number of nitrogens with two attached hydrogens (primary N) is 1. The van der Waals surface area contributed by atoms with Crippen molar-refractivity contribution in [2.45, 2.75) is 23.8 Å². The number of nitrogens with one attached hydrogen (secondary N) is 1. The van der Waals surface area contributed by atoms with Crippen LogP contribution in [0.15, 0.2) is 17.0 Å². The summed E-state index contributed by atoms with van der Waals surface area (Å²) in [5.41, 5.74) is 5.80. The van der Waals surface area contributed by atoms with Crippen LogP contribution in [-0.4, -0.2) is 21.0 Å². The van der Waals surface area contributed by atoms with Crippen LogP contribution in [0.1, 0.15) is 18.4 Å². The van der Waals surface area contributed by atoms with Crippen molar-refractivity contribution in [3.05, 3.63) is 27.7 Å². The third-order valence-corrected chi connectivity index (χ3v) is 4.94.